The lowest BCUT2D eigenvalue weighted by Gasteiger charge is -2.02. The van der Waals surface area contributed by atoms with Crippen molar-refractivity contribution in [1.29, 1.82) is 0 Å². The summed E-state index contributed by atoms with van der Waals surface area (Å²) in [7, 11) is 0. The van der Waals surface area contributed by atoms with Gasteiger partial charge in [0.05, 0.1) is 0 Å². The third kappa shape index (κ3) is 3.21. The molecule has 1 aromatic rings. The van der Waals surface area contributed by atoms with Gasteiger partial charge in [-0.3, -0.25) is 0 Å². The molecule has 76 valence electrons. The highest BCUT2D eigenvalue weighted by molar-refractivity contribution is 9.10. The average Bonchev–Trinajstić information content (AvgIpc) is 2.19. The summed E-state index contributed by atoms with van der Waals surface area (Å²) in [5, 5.41) is 0.787. The van der Waals surface area contributed by atoms with Crippen LogP contribution in [0.25, 0.3) is 6.08 Å². The summed E-state index contributed by atoms with van der Waals surface area (Å²) in [4.78, 5) is 0. The highest BCUT2D eigenvalue weighted by Gasteiger charge is 2.01. The Morgan fingerprint density at radius 3 is 2.79 bits per heavy atom. The first kappa shape index (κ1) is 11.9. The maximum Gasteiger partial charge on any atom is 0.130 e. The number of halogens is 3. The van der Waals surface area contributed by atoms with Crippen LogP contribution < -0.4 is 0 Å². The molecule has 0 saturated heterocycles. The van der Waals surface area contributed by atoms with Crippen LogP contribution in [0, 0.1) is 5.82 Å². The molecular formula is C11H11Br2F. The molecule has 0 spiro atoms. The van der Waals surface area contributed by atoms with E-state index in [1.807, 2.05) is 6.08 Å². The quantitative estimate of drug-likeness (QED) is 0.703. The molecule has 0 atom stereocenters. The second kappa shape index (κ2) is 5.66. The van der Waals surface area contributed by atoms with Gasteiger partial charge in [0.15, 0.2) is 0 Å². The molecule has 0 aliphatic carbocycles. The Morgan fingerprint density at radius 1 is 1.50 bits per heavy atom. The molecule has 0 radical (unpaired) electrons. The molecule has 0 aromatic heterocycles. The number of alkyl halides is 1. The third-order valence-electron chi connectivity index (χ3n) is 1.94. The van der Waals surface area contributed by atoms with E-state index >= 15 is 0 Å². The summed E-state index contributed by atoms with van der Waals surface area (Å²) >= 11 is 6.70. The van der Waals surface area contributed by atoms with Crippen molar-refractivity contribution < 1.29 is 4.39 Å². The Kier molecular flexibility index (Phi) is 4.82. The normalized spacial score (nSPS) is 11.9. The SMILES string of the molecule is CCC(=Cc1cc(Br)ccc1F)CBr. The van der Waals surface area contributed by atoms with Crippen LogP contribution in [0.1, 0.15) is 18.9 Å². The maximum absolute atomic E-state index is 13.3. The largest absolute Gasteiger partial charge is 0.206 e. The topological polar surface area (TPSA) is 0 Å². The van der Waals surface area contributed by atoms with E-state index in [0.717, 1.165) is 16.2 Å². The van der Waals surface area contributed by atoms with E-state index in [0.29, 0.717) is 5.56 Å². The van der Waals surface area contributed by atoms with Gasteiger partial charge in [-0.05, 0) is 24.6 Å². The molecule has 0 heterocycles. The van der Waals surface area contributed by atoms with Gasteiger partial charge in [0.25, 0.3) is 0 Å². The van der Waals surface area contributed by atoms with E-state index in [2.05, 4.69) is 38.8 Å². The van der Waals surface area contributed by atoms with Crippen molar-refractivity contribution in [2.45, 2.75) is 13.3 Å². The Hall–Kier alpha value is -0.150. The molecule has 1 aromatic carbocycles. The van der Waals surface area contributed by atoms with Gasteiger partial charge in [-0.15, -0.1) is 0 Å². The molecule has 0 bridgehead atoms. The lowest BCUT2D eigenvalue weighted by atomic mass is 10.1. The summed E-state index contributed by atoms with van der Waals surface area (Å²) in [6.07, 6.45) is 2.81. The fourth-order valence-corrected chi connectivity index (χ4v) is 2.02. The molecule has 3 heteroatoms. The van der Waals surface area contributed by atoms with Crippen LogP contribution >= 0.6 is 31.9 Å². The van der Waals surface area contributed by atoms with Gasteiger partial charge in [-0.2, -0.15) is 0 Å². The molecule has 0 amide bonds. The Labute approximate surface area is 100 Å². The zero-order chi connectivity index (χ0) is 10.6. The summed E-state index contributed by atoms with van der Waals surface area (Å²) in [6.45, 7) is 2.06. The van der Waals surface area contributed by atoms with Crippen molar-refractivity contribution >= 4 is 37.9 Å². The van der Waals surface area contributed by atoms with Gasteiger partial charge in [-0.1, -0.05) is 50.4 Å². The molecule has 0 aliphatic heterocycles. The maximum atomic E-state index is 13.3. The highest BCUT2D eigenvalue weighted by atomic mass is 79.9. The fourth-order valence-electron chi connectivity index (χ4n) is 1.08. The van der Waals surface area contributed by atoms with Gasteiger partial charge in [-0.25, -0.2) is 4.39 Å². The van der Waals surface area contributed by atoms with E-state index < -0.39 is 0 Å². The third-order valence-corrected chi connectivity index (χ3v) is 3.16. The zero-order valence-corrected chi connectivity index (χ0v) is 11.0. The second-order valence-corrected chi connectivity index (χ2v) is 4.43. The summed E-state index contributed by atoms with van der Waals surface area (Å²) < 4.78 is 14.2. The van der Waals surface area contributed by atoms with Crippen LogP contribution in [-0.2, 0) is 0 Å². The summed E-state index contributed by atoms with van der Waals surface area (Å²) in [6, 6.07) is 4.96. The van der Waals surface area contributed by atoms with E-state index in [-0.39, 0.29) is 5.82 Å². The van der Waals surface area contributed by atoms with Crippen molar-refractivity contribution in [3.8, 4) is 0 Å². The number of rotatable bonds is 3. The van der Waals surface area contributed by atoms with Gasteiger partial charge >= 0.3 is 0 Å². The first-order chi connectivity index (χ1) is 6.67. The van der Waals surface area contributed by atoms with Crippen molar-refractivity contribution in [2.24, 2.45) is 0 Å². The van der Waals surface area contributed by atoms with Crippen molar-refractivity contribution in [2.75, 3.05) is 5.33 Å². The van der Waals surface area contributed by atoms with Crippen LogP contribution in [-0.4, -0.2) is 5.33 Å². The molecular weight excluding hydrogens is 311 g/mol. The fraction of sp³-hybridized carbons (Fsp3) is 0.273. The highest BCUT2D eigenvalue weighted by Crippen LogP contribution is 2.19. The molecule has 0 saturated carbocycles. The van der Waals surface area contributed by atoms with Gasteiger partial charge in [0.1, 0.15) is 5.82 Å². The molecule has 0 aliphatic rings. The van der Waals surface area contributed by atoms with E-state index in [1.54, 1.807) is 12.1 Å². The van der Waals surface area contributed by atoms with E-state index in [9.17, 15) is 4.39 Å². The number of benzene rings is 1. The minimum atomic E-state index is -0.180. The van der Waals surface area contributed by atoms with E-state index in [1.165, 1.54) is 11.6 Å². The first-order valence-corrected chi connectivity index (χ1v) is 6.29. The van der Waals surface area contributed by atoms with Crippen LogP contribution in [0.2, 0.25) is 0 Å². The van der Waals surface area contributed by atoms with Crippen LogP contribution in [0.5, 0.6) is 0 Å². The Balaban J connectivity index is 3.06. The van der Waals surface area contributed by atoms with E-state index in [4.69, 9.17) is 0 Å². The molecule has 14 heavy (non-hydrogen) atoms. The predicted octanol–water partition coefficient (Wildman–Crippen LogP) is 4.78. The Bertz CT molecular complexity index is 339. The minimum Gasteiger partial charge on any atom is -0.206 e. The van der Waals surface area contributed by atoms with Crippen LogP contribution in [0.15, 0.2) is 28.2 Å². The molecule has 0 nitrogen and oxygen atoms in total. The number of hydrogen-bond acceptors (Lipinski definition) is 0. The number of allylic oxidation sites excluding steroid dienone is 1. The smallest absolute Gasteiger partial charge is 0.130 e. The monoisotopic (exact) mass is 320 g/mol. The van der Waals surface area contributed by atoms with Gasteiger partial charge in [0.2, 0.25) is 0 Å². The summed E-state index contributed by atoms with van der Waals surface area (Å²) in [5.74, 6) is -0.180. The zero-order valence-electron chi connectivity index (χ0n) is 7.86. The molecule has 0 fully saturated rings. The van der Waals surface area contributed by atoms with Crippen LogP contribution in [0.4, 0.5) is 4.39 Å². The summed E-state index contributed by atoms with van der Waals surface area (Å²) in [5.41, 5.74) is 1.82. The molecule has 1 rings (SSSR count). The number of hydrogen-bond donors (Lipinski definition) is 0. The first-order valence-electron chi connectivity index (χ1n) is 4.37. The predicted molar refractivity (Wildman–Crippen MR) is 66.2 cm³/mol. The standard InChI is InChI=1S/C11H11Br2F/c1-2-8(7-12)5-9-6-10(13)3-4-11(9)14/h3-6H,2,7H2,1H3. The second-order valence-electron chi connectivity index (χ2n) is 2.96. The van der Waals surface area contributed by atoms with Crippen LogP contribution in [0.3, 0.4) is 0 Å². The van der Waals surface area contributed by atoms with Crippen molar-refractivity contribution in [3.63, 3.8) is 0 Å². The average molecular weight is 322 g/mol. The van der Waals surface area contributed by atoms with Gasteiger partial charge in [0, 0.05) is 15.4 Å². The Morgan fingerprint density at radius 2 is 2.21 bits per heavy atom. The van der Waals surface area contributed by atoms with Crippen molar-refractivity contribution in [3.05, 3.63) is 39.6 Å². The molecule has 0 unspecified atom stereocenters. The minimum absolute atomic E-state index is 0.180. The van der Waals surface area contributed by atoms with Crippen molar-refractivity contribution in [1.82, 2.24) is 0 Å². The lowest BCUT2D eigenvalue weighted by molar-refractivity contribution is 0.624. The van der Waals surface area contributed by atoms with Gasteiger partial charge < -0.3 is 0 Å². The molecule has 0 N–H and O–H groups in total. The lowest BCUT2D eigenvalue weighted by Crippen LogP contribution is -1.86.